The Morgan fingerprint density at radius 1 is 1.13 bits per heavy atom. The van der Waals surface area contributed by atoms with Gasteiger partial charge in [0, 0.05) is 37.4 Å². The van der Waals surface area contributed by atoms with E-state index < -0.39 is 28.7 Å². The van der Waals surface area contributed by atoms with Crippen molar-refractivity contribution in [2.75, 3.05) is 33.4 Å². The van der Waals surface area contributed by atoms with Crippen LogP contribution in [0.5, 0.6) is 5.75 Å². The Morgan fingerprint density at radius 2 is 1.83 bits per heavy atom. The van der Waals surface area contributed by atoms with E-state index in [0.717, 1.165) is 23.8 Å². The van der Waals surface area contributed by atoms with Crippen molar-refractivity contribution in [2.24, 2.45) is 0 Å². The fourth-order valence-corrected chi connectivity index (χ4v) is 7.68. The zero-order valence-electron chi connectivity index (χ0n) is 26.5. The molecule has 0 spiro atoms. The first-order chi connectivity index (χ1) is 22.1. The second kappa shape index (κ2) is 13.1. The van der Waals surface area contributed by atoms with Crippen molar-refractivity contribution in [3.8, 4) is 10.8 Å². The zero-order chi connectivity index (χ0) is 32.6. The third-order valence-corrected chi connectivity index (χ3v) is 10.2. The third-order valence-electron chi connectivity index (χ3n) is 8.93. The number of hydrogen-bond acceptors (Lipinski definition) is 9. The molecule has 0 N–H and O–H groups in total. The summed E-state index contributed by atoms with van der Waals surface area (Å²) < 4.78 is 35.0. The predicted molar refractivity (Wildman–Crippen MR) is 170 cm³/mol. The van der Waals surface area contributed by atoms with Gasteiger partial charge in [0.25, 0.3) is 5.56 Å². The average Bonchev–Trinajstić information content (AvgIpc) is 3.71. The van der Waals surface area contributed by atoms with Crippen LogP contribution >= 0.6 is 11.3 Å². The summed E-state index contributed by atoms with van der Waals surface area (Å²) in [4.78, 5) is 46.6. The second-order valence-corrected chi connectivity index (χ2v) is 13.3. The zero-order valence-corrected chi connectivity index (χ0v) is 27.3. The minimum Gasteiger partial charge on any atom is -0.496 e. The SMILES string of the molecule is COc1ccc(F)cc1[C@H](Cn1c(=O)n(C(C)(C)C(=O)N2CCCCC2)c(=O)c2c(C)c(-n3nccn3)sc21)OC1CCOCC1. The molecule has 1 aromatic carbocycles. The van der Waals surface area contributed by atoms with Gasteiger partial charge in [0.2, 0.25) is 5.91 Å². The third kappa shape index (κ3) is 5.89. The molecule has 0 aliphatic carbocycles. The first-order valence-electron chi connectivity index (χ1n) is 15.6. The number of fused-ring (bicyclic) bond motifs is 1. The minimum absolute atomic E-state index is 0.0767. The number of benzene rings is 1. The molecule has 14 heteroatoms. The first-order valence-corrected chi connectivity index (χ1v) is 16.5. The quantitative estimate of drug-likeness (QED) is 0.266. The van der Waals surface area contributed by atoms with E-state index in [4.69, 9.17) is 14.2 Å². The van der Waals surface area contributed by atoms with Gasteiger partial charge in [0.1, 0.15) is 33.0 Å². The molecule has 246 valence electrons. The Balaban J connectivity index is 1.57. The summed E-state index contributed by atoms with van der Waals surface area (Å²) in [5.74, 6) is -0.368. The summed E-state index contributed by atoms with van der Waals surface area (Å²) >= 11 is 1.20. The highest BCUT2D eigenvalue weighted by Crippen LogP contribution is 2.36. The number of methoxy groups -OCH3 is 1. The van der Waals surface area contributed by atoms with E-state index in [-0.39, 0.29) is 23.9 Å². The van der Waals surface area contributed by atoms with Gasteiger partial charge in [-0.3, -0.25) is 14.2 Å². The van der Waals surface area contributed by atoms with Gasteiger partial charge in [0.15, 0.2) is 0 Å². The van der Waals surface area contributed by atoms with Crippen LogP contribution in [0.2, 0.25) is 0 Å². The monoisotopic (exact) mass is 654 g/mol. The van der Waals surface area contributed by atoms with Crippen LogP contribution in [0.3, 0.4) is 0 Å². The van der Waals surface area contributed by atoms with Gasteiger partial charge in [-0.1, -0.05) is 11.3 Å². The smallest absolute Gasteiger partial charge is 0.333 e. The number of amides is 1. The number of aromatic nitrogens is 5. The van der Waals surface area contributed by atoms with Crippen LogP contribution in [-0.2, 0) is 26.4 Å². The molecule has 0 bridgehead atoms. The van der Waals surface area contributed by atoms with Crippen molar-refractivity contribution in [2.45, 2.75) is 77.2 Å². The van der Waals surface area contributed by atoms with Crippen LogP contribution in [0.1, 0.15) is 63.2 Å². The normalized spacial score (nSPS) is 17.0. The number of likely N-dealkylation sites (tertiary alicyclic amines) is 1. The van der Waals surface area contributed by atoms with Gasteiger partial charge >= 0.3 is 5.69 Å². The first kappa shape index (κ1) is 32.1. The second-order valence-electron chi connectivity index (χ2n) is 12.3. The van der Waals surface area contributed by atoms with E-state index in [1.165, 1.54) is 58.4 Å². The van der Waals surface area contributed by atoms with E-state index in [1.807, 2.05) is 0 Å². The highest BCUT2D eigenvalue weighted by Gasteiger charge is 2.39. The highest BCUT2D eigenvalue weighted by atomic mass is 32.1. The molecule has 0 unspecified atom stereocenters. The van der Waals surface area contributed by atoms with Gasteiger partial charge in [-0.05, 0) is 71.1 Å². The number of hydrogen-bond donors (Lipinski definition) is 0. The van der Waals surface area contributed by atoms with E-state index >= 15 is 0 Å². The maximum atomic E-state index is 14.7. The van der Waals surface area contributed by atoms with Crippen molar-refractivity contribution in [1.29, 1.82) is 0 Å². The fourth-order valence-electron chi connectivity index (χ4n) is 6.46. The molecule has 0 radical (unpaired) electrons. The lowest BCUT2D eigenvalue weighted by Crippen LogP contribution is -2.57. The van der Waals surface area contributed by atoms with Crippen LogP contribution in [0.25, 0.3) is 15.2 Å². The summed E-state index contributed by atoms with van der Waals surface area (Å²) in [5, 5.41) is 9.38. The van der Waals surface area contributed by atoms with E-state index in [9.17, 15) is 18.8 Å². The molecule has 0 saturated carbocycles. The Bertz CT molecular complexity index is 1840. The van der Waals surface area contributed by atoms with E-state index in [1.54, 1.807) is 25.7 Å². The summed E-state index contributed by atoms with van der Waals surface area (Å²) in [5.41, 5.74) is -1.71. The summed E-state index contributed by atoms with van der Waals surface area (Å²) in [6.45, 7) is 7.11. The Morgan fingerprint density at radius 3 is 2.50 bits per heavy atom. The van der Waals surface area contributed by atoms with Gasteiger partial charge in [-0.25, -0.2) is 13.8 Å². The molecule has 2 aliphatic heterocycles. The average molecular weight is 655 g/mol. The lowest BCUT2D eigenvalue weighted by Gasteiger charge is -2.35. The molecule has 2 fully saturated rings. The number of halogens is 1. The van der Waals surface area contributed by atoms with Crippen molar-refractivity contribution in [3.05, 3.63) is 68.4 Å². The minimum atomic E-state index is -1.49. The molecular weight excluding hydrogens is 615 g/mol. The van der Waals surface area contributed by atoms with Crippen LogP contribution in [0.4, 0.5) is 4.39 Å². The molecule has 12 nitrogen and oxygen atoms in total. The Labute approximate surface area is 269 Å². The topological polar surface area (TPSA) is 123 Å². The molecule has 5 heterocycles. The maximum Gasteiger partial charge on any atom is 0.333 e. The number of carbonyl (C=O) groups excluding carboxylic acids is 1. The number of thiophene rings is 1. The number of rotatable bonds is 9. The predicted octanol–water partition coefficient (Wildman–Crippen LogP) is 3.95. The van der Waals surface area contributed by atoms with Crippen molar-refractivity contribution >= 4 is 27.5 Å². The van der Waals surface area contributed by atoms with E-state index in [0.29, 0.717) is 65.9 Å². The number of nitrogens with zero attached hydrogens (tertiary/aromatic N) is 6. The van der Waals surface area contributed by atoms with Crippen LogP contribution in [0.15, 0.2) is 40.2 Å². The number of piperidine rings is 1. The lowest BCUT2D eigenvalue weighted by atomic mass is 10.00. The van der Waals surface area contributed by atoms with Gasteiger partial charge in [-0.15, -0.1) is 4.80 Å². The molecule has 46 heavy (non-hydrogen) atoms. The van der Waals surface area contributed by atoms with Crippen LogP contribution < -0.4 is 16.0 Å². The Hall–Kier alpha value is -3.88. The largest absolute Gasteiger partial charge is 0.496 e. The summed E-state index contributed by atoms with van der Waals surface area (Å²) in [7, 11) is 1.49. The number of aryl methyl sites for hydroxylation is 1. The summed E-state index contributed by atoms with van der Waals surface area (Å²) in [6, 6.07) is 4.18. The van der Waals surface area contributed by atoms with Gasteiger partial charge < -0.3 is 19.1 Å². The van der Waals surface area contributed by atoms with Crippen LogP contribution in [0, 0.1) is 12.7 Å². The van der Waals surface area contributed by atoms with Gasteiger partial charge in [0.05, 0.1) is 37.5 Å². The lowest BCUT2D eigenvalue weighted by molar-refractivity contribution is -0.140. The number of ether oxygens (including phenoxy) is 3. The Kier molecular flexibility index (Phi) is 9.12. The molecule has 2 aliphatic rings. The van der Waals surface area contributed by atoms with Crippen LogP contribution in [-0.4, -0.2) is 74.5 Å². The molecular formula is C32H39FN6O6S. The highest BCUT2D eigenvalue weighted by molar-refractivity contribution is 7.21. The number of carbonyl (C=O) groups is 1. The summed E-state index contributed by atoms with van der Waals surface area (Å²) in [6.07, 6.45) is 6.03. The molecule has 4 aromatic rings. The van der Waals surface area contributed by atoms with Crippen molar-refractivity contribution in [1.82, 2.24) is 29.0 Å². The molecule has 1 atom stereocenters. The fraction of sp³-hybridized carbons (Fsp3) is 0.531. The van der Waals surface area contributed by atoms with Crippen molar-refractivity contribution < 1.29 is 23.4 Å². The van der Waals surface area contributed by atoms with Crippen molar-refractivity contribution in [3.63, 3.8) is 0 Å². The van der Waals surface area contributed by atoms with Gasteiger partial charge in [-0.2, -0.15) is 10.2 Å². The maximum absolute atomic E-state index is 14.7. The molecule has 1 amide bonds. The molecule has 3 aromatic heterocycles. The molecule has 2 saturated heterocycles. The molecule has 6 rings (SSSR count). The van der Waals surface area contributed by atoms with E-state index in [2.05, 4.69) is 10.2 Å². The standard InChI is InChI=1S/C32H39FN6O6S/c1-20-26-27(40)38(32(2,3)30(41)36-14-6-5-7-15-36)31(42)37(29(26)46-28(20)39-34-12-13-35-39)19-25(45-22-10-16-44-17-11-22)23-18-21(33)8-9-24(23)43-4/h8-9,12-13,18,22,25H,5-7,10-11,14-17,19H2,1-4H3/t25-/m0/s1.